The topological polar surface area (TPSA) is 71.4 Å². The zero-order valence-electron chi connectivity index (χ0n) is 15.9. The number of anilines is 1. The van der Waals surface area contributed by atoms with Gasteiger partial charge >= 0.3 is 0 Å². The van der Waals surface area contributed by atoms with Gasteiger partial charge in [-0.1, -0.05) is 6.92 Å². The van der Waals surface area contributed by atoms with E-state index < -0.39 is 6.10 Å². The smallest absolute Gasteiger partial charge is 0.134 e. The van der Waals surface area contributed by atoms with Crippen molar-refractivity contribution in [1.29, 1.82) is 0 Å². The van der Waals surface area contributed by atoms with E-state index in [2.05, 4.69) is 26.8 Å². The third-order valence-electron chi connectivity index (χ3n) is 6.78. The molecule has 1 spiro atoms. The standard InChI is InChI=1S/C21H26N4O2/c1-20(4-5-20)19-23-9-15(10-24-19)25-12-21(13-25)7-14(8-21)18(26)16-11-22-6-3-17(16)27-2/h3,6,9-11,14,18,26H,4-5,7-8,12-13H2,1-2H3. The molecule has 142 valence electrons. The van der Waals surface area contributed by atoms with Crippen molar-refractivity contribution in [3.8, 4) is 5.75 Å². The second kappa shape index (κ2) is 5.89. The number of aliphatic hydroxyl groups is 1. The predicted octanol–water partition coefficient (Wildman–Crippen LogP) is 2.88. The average Bonchev–Trinajstić information content (AvgIpc) is 3.38. The molecule has 2 saturated carbocycles. The Morgan fingerprint density at radius 1 is 1.19 bits per heavy atom. The van der Waals surface area contributed by atoms with E-state index in [1.807, 2.05) is 18.5 Å². The number of aliphatic hydroxyl groups excluding tert-OH is 1. The van der Waals surface area contributed by atoms with Gasteiger partial charge in [0.05, 0.1) is 31.3 Å². The first-order chi connectivity index (χ1) is 13.0. The van der Waals surface area contributed by atoms with E-state index >= 15 is 0 Å². The molecule has 1 unspecified atom stereocenters. The van der Waals surface area contributed by atoms with Gasteiger partial charge in [0.15, 0.2) is 0 Å². The van der Waals surface area contributed by atoms with Gasteiger partial charge in [-0.2, -0.15) is 0 Å². The van der Waals surface area contributed by atoms with Crippen LogP contribution in [0.1, 0.15) is 50.1 Å². The minimum absolute atomic E-state index is 0.222. The van der Waals surface area contributed by atoms with Crippen molar-refractivity contribution in [2.24, 2.45) is 11.3 Å². The van der Waals surface area contributed by atoms with Crippen LogP contribution in [0.3, 0.4) is 0 Å². The third kappa shape index (κ3) is 2.78. The summed E-state index contributed by atoms with van der Waals surface area (Å²) in [6.45, 7) is 4.29. The normalized spacial score (nSPS) is 23.4. The van der Waals surface area contributed by atoms with Gasteiger partial charge < -0.3 is 14.7 Å². The molecule has 0 radical (unpaired) electrons. The van der Waals surface area contributed by atoms with Crippen molar-refractivity contribution in [1.82, 2.24) is 15.0 Å². The van der Waals surface area contributed by atoms with Crippen LogP contribution in [0.2, 0.25) is 0 Å². The third-order valence-corrected chi connectivity index (χ3v) is 6.78. The summed E-state index contributed by atoms with van der Waals surface area (Å²) in [5.41, 5.74) is 2.47. The lowest BCUT2D eigenvalue weighted by atomic mass is 9.56. The number of hydrogen-bond donors (Lipinski definition) is 1. The molecule has 27 heavy (non-hydrogen) atoms. The highest BCUT2D eigenvalue weighted by molar-refractivity contribution is 5.47. The fourth-order valence-corrected chi connectivity index (χ4v) is 4.74. The lowest BCUT2D eigenvalue weighted by Gasteiger charge is -2.60. The predicted molar refractivity (Wildman–Crippen MR) is 102 cm³/mol. The van der Waals surface area contributed by atoms with Crippen LogP contribution >= 0.6 is 0 Å². The number of pyridine rings is 1. The summed E-state index contributed by atoms with van der Waals surface area (Å²) in [5, 5.41) is 10.7. The first-order valence-corrected chi connectivity index (χ1v) is 9.75. The molecule has 1 aliphatic heterocycles. The van der Waals surface area contributed by atoms with Crippen molar-refractivity contribution in [3.05, 3.63) is 42.2 Å². The molecule has 2 aromatic rings. The summed E-state index contributed by atoms with van der Waals surface area (Å²) >= 11 is 0. The molecule has 1 N–H and O–H groups in total. The summed E-state index contributed by atoms with van der Waals surface area (Å²) < 4.78 is 5.37. The van der Waals surface area contributed by atoms with Crippen LogP contribution in [0.4, 0.5) is 5.69 Å². The first kappa shape index (κ1) is 16.9. The second-order valence-corrected chi connectivity index (χ2v) is 8.91. The number of ether oxygens (including phenoxy) is 1. The summed E-state index contributed by atoms with van der Waals surface area (Å²) in [6, 6.07) is 1.81. The summed E-state index contributed by atoms with van der Waals surface area (Å²) in [6.07, 6.45) is 11.3. The van der Waals surface area contributed by atoms with E-state index in [0.29, 0.717) is 5.41 Å². The maximum absolute atomic E-state index is 10.7. The van der Waals surface area contributed by atoms with Crippen molar-refractivity contribution >= 4 is 5.69 Å². The Morgan fingerprint density at radius 2 is 1.89 bits per heavy atom. The number of nitrogens with zero attached hydrogens (tertiary/aromatic N) is 4. The Morgan fingerprint density at radius 3 is 2.52 bits per heavy atom. The van der Waals surface area contributed by atoms with Crippen molar-refractivity contribution in [2.45, 2.75) is 44.1 Å². The molecular formula is C21H26N4O2. The average molecular weight is 366 g/mol. The van der Waals surface area contributed by atoms with Gasteiger partial charge in [-0.25, -0.2) is 9.97 Å². The van der Waals surface area contributed by atoms with Crippen LogP contribution in [0.5, 0.6) is 5.75 Å². The molecule has 0 aromatic carbocycles. The SMILES string of the molecule is COc1ccncc1C(O)C1CC2(C1)CN(c1cnc(C3(C)CC3)nc1)C2. The largest absolute Gasteiger partial charge is 0.496 e. The second-order valence-electron chi connectivity index (χ2n) is 8.91. The highest BCUT2D eigenvalue weighted by Crippen LogP contribution is 2.57. The Bertz CT molecular complexity index is 836. The van der Waals surface area contributed by atoms with Gasteiger partial charge in [0, 0.05) is 41.9 Å². The van der Waals surface area contributed by atoms with Gasteiger partial charge in [0.25, 0.3) is 0 Å². The van der Waals surface area contributed by atoms with Crippen LogP contribution in [0.25, 0.3) is 0 Å². The highest BCUT2D eigenvalue weighted by Gasteiger charge is 2.54. The zero-order chi connectivity index (χ0) is 18.6. The Labute approximate surface area is 159 Å². The van der Waals surface area contributed by atoms with Gasteiger partial charge in [-0.15, -0.1) is 0 Å². The fourth-order valence-electron chi connectivity index (χ4n) is 4.74. The molecule has 3 fully saturated rings. The molecular weight excluding hydrogens is 340 g/mol. The van der Waals surface area contributed by atoms with E-state index in [9.17, 15) is 5.11 Å². The Balaban J connectivity index is 1.18. The van der Waals surface area contributed by atoms with Gasteiger partial charge in [-0.05, 0) is 37.7 Å². The van der Waals surface area contributed by atoms with Crippen molar-refractivity contribution in [3.63, 3.8) is 0 Å². The molecule has 2 aromatic heterocycles. The first-order valence-electron chi connectivity index (χ1n) is 9.75. The van der Waals surface area contributed by atoms with Gasteiger partial charge in [0.1, 0.15) is 11.6 Å². The molecule has 0 bridgehead atoms. The van der Waals surface area contributed by atoms with E-state index in [-0.39, 0.29) is 11.3 Å². The van der Waals surface area contributed by atoms with Crippen LogP contribution in [0, 0.1) is 11.3 Å². The summed E-state index contributed by atoms with van der Waals surface area (Å²) in [7, 11) is 1.63. The molecule has 0 amide bonds. The monoisotopic (exact) mass is 366 g/mol. The molecule has 1 saturated heterocycles. The molecule has 5 rings (SSSR count). The fraction of sp³-hybridized carbons (Fsp3) is 0.571. The van der Waals surface area contributed by atoms with E-state index in [1.165, 1.54) is 12.8 Å². The maximum Gasteiger partial charge on any atom is 0.134 e. The van der Waals surface area contributed by atoms with Gasteiger partial charge in [0.2, 0.25) is 0 Å². The van der Waals surface area contributed by atoms with Crippen LogP contribution in [-0.2, 0) is 5.41 Å². The molecule has 3 aliphatic rings. The number of rotatable bonds is 5. The lowest BCUT2D eigenvalue weighted by molar-refractivity contribution is -0.0516. The minimum Gasteiger partial charge on any atom is -0.496 e. The molecule has 6 heteroatoms. The molecule has 3 heterocycles. The molecule has 1 atom stereocenters. The summed E-state index contributed by atoms with van der Waals surface area (Å²) in [4.78, 5) is 15.7. The number of aromatic nitrogens is 3. The quantitative estimate of drug-likeness (QED) is 0.877. The Hall–Kier alpha value is -2.21. The van der Waals surface area contributed by atoms with Crippen molar-refractivity contribution in [2.75, 3.05) is 25.1 Å². The van der Waals surface area contributed by atoms with E-state index in [1.54, 1.807) is 19.5 Å². The molecule has 2 aliphatic carbocycles. The van der Waals surface area contributed by atoms with Crippen LogP contribution in [0.15, 0.2) is 30.9 Å². The highest BCUT2D eigenvalue weighted by atomic mass is 16.5. The number of hydrogen-bond acceptors (Lipinski definition) is 6. The zero-order valence-corrected chi connectivity index (χ0v) is 15.9. The van der Waals surface area contributed by atoms with Crippen molar-refractivity contribution < 1.29 is 9.84 Å². The van der Waals surface area contributed by atoms with E-state index in [4.69, 9.17) is 4.74 Å². The Kier molecular flexibility index (Phi) is 3.69. The summed E-state index contributed by atoms with van der Waals surface area (Å²) in [5.74, 6) is 1.98. The van der Waals surface area contributed by atoms with Crippen LogP contribution < -0.4 is 9.64 Å². The maximum atomic E-state index is 10.7. The lowest BCUT2D eigenvalue weighted by Crippen LogP contribution is -2.63. The minimum atomic E-state index is -0.504. The van der Waals surface area contributed by atoms with Gasteiger partial charge in [-0.3, -0.25) is 4.98 Å². The molecule has 6 nitrogen and oxygen atoms in total. The number of methoxy groups -OCH3 is 1. The van der Waals surface area contributed by atoms with E-state index in [0.717, 1.165) is 48.8 Å². The van der Waals surface area contributed by atoms with Crippen LogP contribution in [-0.4, -0.2) is 40.3 Å².